The van der Waals surface area contributed by atoms with Crippen molar-refractivity contribution in [1.82, 2.24) is 19.7 Å². The number of nitrogens with two attached hydrogens (primary N) is 1. The van der Waals surface area contributed by atoms with Crippen molar-refractivity contribution < 1.29 is 31.9 Å². The molecule has 0 radical (unpaired) electrons. The number of amides is 2. The number of ether oxygens (including phenoxy) is 1. The Morgan fingerprint density at radius 2 is 1.92 bits per heavy atom. The van der Waals surface area contributed by atoms with E-state index < -0.39 is 47.4 Å². The second-order valence-corrected chi connectivity index (χ2v) is 9.16. The molecule has 0 fully saturated rings. The first kappa shape index (κ1) is 25.2. The van der Waals surface area contributed by atoms with E-state index >= 15 is 0 Å². The molecule has 38 heavy (non-hydrogen) atoms. The first-order chi connectivity index (χ1) is 18.0. The van der Waals surface area contributed by atoms with Crippen molar-refractivity contribution >= 4 is 17.5 Å². The number of nitrogens with one attached hydrogen (secondary N) is 1. The lowest BCUT2D eigenvalue weighted by Crippen LogP contribution is -2.40. The highest BCUT2D eigenvalue weighted by Crippen LogP contribution is 2.46. The molecular weight excluding hydrogens is 506 g/mol. The average Bonchev–Trinajstić information content (AvgIpc) is 3.46. The molecule has 0 spiro atoms. The Balaban J connectivity index is 1.55. The molecule has 0 bridgehead atoms. The molecule has 0 aliphatic carbocycles. The standard InChI is InChI=1S/C26H21F4N5O3/c1-25(24(31)37)13-38-22-16(25)10-18(34-21(22)14-5-7-15(27)8-6-14)17(26(28,29)30)11-32-23(36)19-12-35-9-3-2-4-20(35)33-19/h2-10,12,17H,11,13H2,1H3,(H2,31,37)(H,32,36)/t17-,25+/m1/s1. The fraction of sp³-hybridized carbons (Fsp3) is 0.231. The van der Waals surface area contributed by atoms with Gasteiger partial charge >= 0.3 is 6.18 Å². The smallest absolute Gasteiger partial charge is 0.398 e. The van der Waals surface area contributed by atoms with Gasteiger partial charge in [-0.3, -0.25) is 9.59 Å². The number of carbonyl (C=O) groups excluding carboxylic acids is 2. The summed E-state index contributed by atoms with van der Waals surface area (Å²) >= 11 is 0. The Morgan fingerprint density at radius 1 is 1.18 bits per heavy atom. The summed E-state index contributed by atoms with van der Waals surface area (Å²) in [4.78, 5) is 33.3. The molecule has 0 saturated carbocycles. The predicted octanol–water partition coefficient (Wildman–Crippen LogP) is 3.75. The highest BCUT2D eigenvalue weighted by Gasteiger charge is 2.47. The number of nitrogens with zero attached hydrogens (tertiary/aromatic N) is 3. The minimum atomic E-state index is -4.82. The molecule has 5 rings (SSSR count). The van der Waals surface area contributed by atoms with Gasteiger partial charge < -0.3 is 20.2 Å². The van der Waals surface area contributed by atoms with Crippen LogP contribution in [0.5, 0.6) is 5.75 Å². The second kappa shape index (κ2) is 9.12. The summed E-state index contributed by atoms with van der Waals surface area (Å²) in [5.74, 6) is -4.29. The van der Waals surface area contributed by atoms with Crippen LogP contribution in [-0.2, 0) is 10.2 Å². The molecule has 0 saturated heterocycles. The summed E-state index contributed by atoms with van der Waals surface area (Å²) in [6, 6.07) is 11.2. The van der Waals surface area contributed by atoms with Crippen molar-refractivity contribution in [2.45, 2.75) is 24.4 Å². The van der Waals surface area contributed by atoms with Crippen LogP contribution < -0.4 is 15.8 Å². The van der Waals surface area contributed by atoms with Crippen molar-refractivity contribution in [3.05, 3.63) is 83.7 Å². The topological polar surface area (TPSA) is 112 Å². The van der Waals surface area contributed by atoms with E-state index in [-0.39, 0.29) is 34.9 Å². The van der Waals surface area contributed by atoms with Gasteiger partial charge in [-0.2, -0.15) is 13.2 Å². The van der Waals surface area contributed by atoms with Crippen LogP contribution in [0.1, 0.15) is 34.6 Å². The van der Waals surface area contributed by atoms with E-state index in [0.717, 1.165) is 18.2 Å². The van der Waals surface area contributed by atoms with E-state index in [1.165, 1.54) is 25.3 Å². The molecular formula is C26H21F4N5O3. The molecule has 1 aromatic carbocycles. The lowest BCUT2D eigenvalue weighted by Gasteiger charge is -2.23. The summed E-state index contributed by atoms with van der Waals surface area (Å²) in [6.45, 7) is 0.421. The first-order valence-corrected chi connectivity index (χ1v) is 11.5. The van der Waals surface area contributed by atoms with E-state index in [1.54, 1.807) is 28.8 Å². The third kappa shape index (κ3) is 4.42. The van der Waals surface area contributed by atoms with Crippen molar-refractivity contribution in [2.24, 2.45) is 5.73 Å². The highest BCUT2D eigenvalue weighted by atomic mass is 19.4. The number of pyridine rings is 2. The second-order valence-electron chi connectivity index (χ2n) is 9.16. The summed E-state index contributed by atoms with van der Waals surface area (Å²) < 4.78 is 63.8. The van der Waals surface area contributed by atoms with Crippen LogP contribution in [0.25, 0.3) is 16.9 Å². The van der Waals surface area contributed by atoms with Crippen molar-refractivity contribution in [1.29, 1.82) is 0 Å². The minimum absolute atomic E-state index is 0.00315. The van der Waals surface area contributed by atoms with E-state index in [9.17, 15) is 27.2 Å². The van der Waals surface area contributed by atoms with Gasteiger partial charge in [-0.25, -0.2) is 14.4 Å². The number of rotatable bonds is 6. The monoisotopic (exact) mass is 527 g/mol. The Hall–Kier alpha value is -4.48. The zero-order valence-corrected chi connectivity index (χ0v) is 19.9. The zero-order valence-electron chi connectivity index (χ0n) is 19.9. The number of carbonyl (C=O) groups is 2. The number of aromatic nitrogens is 3. The zero-order chi connectivity index (χ0) is 27.2. The molecule has 1 aliphatic heterocycles. The number of fused-ring (bicyclic) bond motifs is 2. The number of imidazole rings is 1. The number of halogens is 4. The Bertz CT molecular complexity index is 1520. The van der Waals surface area contributed by atoms with Gasteiger partial charge in [-0.15, -0.1) is 0 Å². The number of primary amides is 1. The molecule has 8 nitrogen and oxygen atoms in total. The normalized spacial score (nSPS) is 17.6. The Kier molecular flexibility index (Phi) is 6.04. The number of alkyl halides is 3. The van der Waals surface area contributed by atoms with Crippen LogP contribution in [0.2, 0.25) is 0 Å². The molecule has 196 valence electrons. The van der Waals surface area contributed by atoms with Gasteiger partial charge in [0.1, 0.15) is 46.5 Å². The maximum atomic E-state index is 14.3. The van der Waals surface area contributed by atoms with Crippen LogP contribution in [0, 0.1) is 5.82 Å². The lowest BCUT2D eigenvalue weighted by molar-refractivity contribution is -0.149. The van der Waals surface area contributed by atoms with Crippen LogP contribution in [0.15, 0.2) is 60.9 Å². The molecule has 1 aliphatic rings. The summed E-state index contributed by atoms with van der Waals surface area (Å²) in [6.07, 6.45) is -1.76. The molecule has 3 N–H and O–H groups in total. The van der Waals surface area contributed by atoms with Crippen molar-refractivity contribution in [3.63, 3.8) is 0 Å². The molecule has 4 aromatic rings. The van der Waals surface area contributed by atoms with Crippen LogP contribution in [-0.4, -0.2) is 45.5 Å². The van der Waals surface area contributed by atoms with Gasteiger partial charge in [0.25, 0.3) is 5.91 Å². The third-order valence-electron chi connectivity index (χ3n) is 6.57. The summed E-state index contributed by atoms with van der Waals surface area (Å²) in [5.41, 5.74) is 4.54. The molecule has 2 atom stereocenters. The number of hydrogen-bond acceptors (Lipinski definition) is 5. The van der Waals surface area contributed by atoms with Crippen molar-refractivity contribution in [2.75, 3.05) is 13.2 Å². The van der Waals surface area contributed by atoms with Crippen LogP contribution in [0.3, 0.4) is 0 Å². The fourth-order valence-corrected chi connectivity index (χ4v) is 4.31. The molecule has 4 heterocycles. The van der Waals surface area contributed by atoms with E-state index in [0.29, 0.717) is 5.65 Å². The van der Waals surface area contributed by atoms with Crippen molar-refractivity contribution in [3.8, 4) is 17.0 Å². The van der Waals surface area contributed by atoms with Crippen LogP contribution >= 0.6 is 0 Å². The number of benzene rings is 1. The third-order valence-corrected chi connectivity index (χ3v) is 6.57. The maximum Gasteiger partial charge on any atom is 0.398 e. The Morgan fingerprint density at radius 3 is 2.58 bits per heavy atom. The van der Waals surface area contributed by atoms with Crippen LogP contribution in [0.4, 0.5) is 17.6 Å². The molecule has 12 heteroatoms. The van der Waals surface area contributed by atoms with Gasteiger partial charge in [0.15, 0.2) is 0 Å². The lowest BCUT2D eigenvalue weighted by atomic mass is 9.82. The van der Waals surface area contributed by atoms with E-state index in [2.05, 4.69) is 15.3 Å². The summed E-state index contributed by atoms with van der Waals surface area (Å²) in [7, 11) is 0. The van der Waals surface area contributed by atoms with E-state index in [4.69, 9.17) is 10.5 Å². The minimum Gasteiger partial charge on any atom is -0.489 e. The van der Waals surface area contributed by atoms with Gasteiger partial charge in [0.05, 0.1) is 5.69 Å². The molecule has 0 unspecified atom stereocenters. The summed E-state index contributed by atoms with van der Waals surface area (Å²) in [5, 5.41) is 2.30. The molecule has 3 aromatic heterocycles. The highest BCUT2D eigenvalue weighted by molar-refractivity contribution is 5.93. The quantitative estimate of drug-likeness (QED) is 0.371. The van der Waals surface area contributed by atoms with Gasteiger partial charge in [-0.1, -0.05) is 6.07 Å². The number of hydrogen-bond donors (Lipinski definition) is 2. The van der Waals surface area contributed by atoms with Gasteiger partial charge in [-0.05, 0) is 49.4 Å². The van der Waals surface area contributed by atoms with Gasteiger partial charge in [0.2, 0.25) is 5.91 Å². The van der Waals surface area contributed by atoms with E-state index in [1.807, 2.05) is 0 Å². The first-order valence-electron chi connectivity index (χ1n) is 11.5. The average molecular weight is 527 g/mol. The Labute approximate surface area is 213 Å². The largest absolute Gasteiger partial charge is 0.489 e. The SMILES string of the molecule is C[C@]1(C(N)=O)COc2c1cc([C@@H](CNC(=O)c1cn3ccccc3n1)C(F)(F)F)nc2-c1ccc(F)cc1. The predicted molar refractivity (Wildman–Crippen MR) is 128 cm³/mol. The maximum absolute atomic E-state index is 14.3. The fourth-order valence-electron chi connectivity index (χ4n) is 4.31. The van der Waals surface area contributed by atoms with Gasteiger partial charge in [0, 0.05) is 30.1 Å². The molecule has 2 amide bonds.